The van der Waals surface area contributed by atoms with E-state index in [0.717, 1.165) is 17.5 Å². The molecule has 1 fully saturated rings. The second-order valence-corrected chi connectivity index (χ2v) is 9.53. The maximum atomic E-state index is 13.5. The van der Waals surface area contributed by atoms with Gasteiger partial charge in [-0.2, -0.15) is 0 Å². The van der Waals surface area contributed by atoms with Gasteiger partial charge in [0.05, 0.1) is 6.04 Å². The molecule has 2 aromatic rings. The van der Waals surface area contributed by atoms with Gasteiger partial charge in [0, 0.05) is 32.1 Å². The summed E-state index contributed by atoms with van der Waals surface area (Å²) in [6.07, 6.45) is 0.459. The summed E-state index contributed by atoms with van der Waals surface area (Å²) in [6.45, 7) is 7.74. The number of urea groups is 1. The Bertz CT molecular complexity index is 981. The minimum atomic E-state index is -0.518. The topological polar surface area (TPSA) is 61.9 Å². The molecule has 0 saturated carbocycles. The number of carbonyl (C=O) groups excluding carboxylic acids is 2. The van der Waals surface area contributed by atoms with Crippen LogP contribution in [0.2, 0.25) is 0 Å². The van der Waals surface area contributed by atoms with Gasteiger partial charge in [-0.3, -0.25) is 0 Å². The molecule has 0 aliphatic carbocycles. The van der Waals surface area contributed by atoms with Crippen molar-refractivity contribution in [1.82, 2.24) is 15.1 Å². The molecule has 1 atom stereocenters. The third-order valence-corrected chi connectivity index (χ3v) is 5.88. The molecular formula is C25H30FN3O3. The van der Waals surface area contributed by atoms with Crippen molar-refractivity contribution in [2.75, 3.05) is 26.2 Å². The second-order valence-electron chi connectivity index (χ2n) is 9.53. The summed E-state index contributed by atoms with van der Waals surface area (Å²) < 4.78 is 18.9. The van der Waals surface area contributed by atoms with Gasteiger partial charge in [-0.1, -0.05) is 36.4 Å². The van der Waals surface area contributed by atoms with Crippen LogP contribution in [0.5, 0.6) is 0 Å². The van der Waals surface area contributed by atoms with Crippen LogP contribution in [-0.2, 0) is 11.2 Å². The van der Waals surface area contributed by atoms with E-state index in [-0.39, 0.29) is 29.9 Å². The molecule has 0 radical (unpaired) electrons. The zero-order chi connectivity index (χ0) is 22.9. The normalized spacial score (nSPS) is 18.6. The fourth-order valence-electron chi connectivity index (χ4n) is 4.30. The van der Waals surface area contributed by atoms with Crippen LogP contribution < -0.4 is 5.32 Å². The van der Waals surface area contributed by atoms with Crippen molar-refractivity contribution in [3.8, 4) is 0 Å². The Morgan fingerprint density at radius 3 is 2.47 bits per heavy atom. The highest BCUT2D eigenvalue weighted by molar-refractivity contribution is 5.76. The molecule has 1 saturated heterocycles. The molecule has 2 aliphatic heterocycles. The molecule has 3 amide bonds. The van der Waals surface area contributed by atoms with Crippen LogP contribution in [0, 0.1) is 11.7 Å². The van der Waals surface area contributed by atoms with Crippen LogP contribution in [0.15, 0.2) is 48.5 Å². The standard InChI is InChI=1S/C25H30FN3O3/c1-25(2,3)32-24(31)28-15-17(16-28)14-27-23(30)29-13-12-18-6-4-5-7-21(18)22(29)19-8-10-20(26)11-9-19/h4-11,17,22H,12-16H2,1-3H3,(H,27,30)/t22-/m0/s1. The molecule has 1 N–H and O–H groups in total. The lowest BCUT2D eigenvalue weighted by Crippen LogP contribution is -2.56. The van der Waals surface area contributed by atoms with E-state index in [4.69, 9.17) is 4.74 Å². The van der Waals surface area contributed by atoms with E-state index in [9.17, 15) is 14.0 Å². The van der Waals surface area contributed by atoms with Gasteiger partial charge in [-0.25, -0.2) is 14.0 Å². The van der Waals surface area contributed by atoms with Crippen molar-refractivity contribution in [2.45, 2.75) is 38.8 Å². The molecule has 170 valence electrons. The molecule has 7 heteroatoms. The number of rotatable bonds is 3. The Labute approximate surface area is 188 Å². The number of carbonyl (C=O) groups is 2. The molecule has 0 spiro atoms. The molecule has 2 aliphatic rings. The Kier molecular flexibility index (Phi) is 6.09. The number of hydrogen-bond donors (Lipinski definition) is 1. The fourth-order valence-corrected chi connectivity index (χ4v) is 4.30. The molecule has 0 bridgehead atoms. The van der Waals surface area contributed by atoms with Crippen LogP contribution in [0.25, 0.3) is 0 Å². The monoisotopic (exact) mass is 439 g/mol. The first-order chi connectivity index (χ1) is 15.2. The van der Waals surface area contributed by atoms with Crippen LogP contribution in [-0.4, -0.2) is 53.7 Å². The summed E-state index contributed by atoms with van der Waals surface area (Å²) in [7, 11) is 0. The maximum Gasteiger partial charge on any atom is 0.410 e. The van der Waals surface area contributed by atoms with E-state index in [1.54, 1.807) is 17.0 Å². The van der Waals surface area contributed by atoms with E-state index in [1.807, 2.05) is 43.9 Å². The molecule has 0 aromatic heterocycles. The predicted octanol–water partition coefficient (Wildman–Crippen LogP) is 4.35. The summed E-state index contributed by atoms with van der Waals surface area (Å²) in [4.78, 5) is 28.7. The summed E-state index contributed by atoms with van der Waals surface area (Å²) >= 11 is 0. The third kappa shape index (κ3) is 4.87. The van der Waals surface area contributed by atoms with E-state index >= 15 is 0 Å². The molecule has 32 heavy (non-hydrogen) atoms. The molecule has 6 nitrogen and oxygen atoms in total. The molecular weight excluding hydrogens is 409 g/mol. The number of ether oxygens (including phenoxy) is 1. The van der Waals surface area contributed by atoms with Gasteiger partial charge < -0.3 is 19.9 Å². The first-order valence-corrected chi connectivity index (χ1v) is 11.1. The number of halogens is 1. The SMILES string of the molecule is CC(C)(C)OC(=O)N1CC(CNC(=O)N2CCc3ccccc3[C@@H]2c2ccc(F)cc2)C1. The van der Waals surface area contributed by atoms with Crippen molar-refractivity contribution >= 4 is 12.1 Å². The van der Waals surface area contributed by atoms with Gasteiger partial charge >= 0.3 is 12.1 Å². The van der Waals surface area contributed by atoms with Gasteiger partial charge in [-0.05, 0) is 56.0 Å². The quantitative estimate of drug-likeness (QED) is 0.774. The van der Waals surface area contributed by atoms with Gasteiger partial charge in [0.25, 0.3) is 0 Å². The number of likely N-dealkylation sites (tertiary alicyclic amines) is 1. The van der Waals surface area contributed by atoms with Crippen molar-refractivity contribution in [1.29, 1.82) is 0 Å². The summed E-state index contributed by atoms with van der Waals surface area (Å²) in [6, 6.07) is 14.0. The van der Waals surface area contributed by atoms with E-state index in [0.29, 0.717) is 26.2 Å². The Hall–Kier alpha value is -3.09. The van der Waals surface area contributed by atoms with Crippen LogP contribution in [0.3, 0.4) is 0 Å². The van der Waals surface area contributed by atoms with Crippen molar-refractivity contribution in [3.05, 3.63) is 71.0 Å². The lowest BCUT2D eigenvalue weighted by atomic mass is 9.88. The second kappa shape index (κ2) is 8.81. The minimum absolute atomic E-state index is 0.149. The third-order valence-electron chi connectivity index (χ3n) is 5.88. The highest BCUT2D eigenvalue weighted by Crippen LogP contribution is 2.35. The number of hydrogen-bond acceptors (Lipinski definition) is 3. The number of fused-ring (bicyclic) bond motifs is 1. The first kappa shape index (κ1) is 22.1. The molecule has 2 heterocycles. The summed E-state index contributed by atoms with van der Waals surface area (Å²) in [5.74, 6) is -0.0961. The highest BCUT2D eigenvalue weighted by atomic mass is 19.1. The first-order valence-electron chi connectivity index (χ1n) is 11.1. The molecule has 4 rings (SSSR count). The van der Waals surface area contributed by atoms with Crippen molar-refractivity contribution in [3.63, 3.8) is 0 Å². The zero-order valence-electron chi connectivity index (χ0n) is 18.8. The van der Waals surface area contributed by atoms with Crippen LogP contribution in [0.4, 0.5) is 14.0 Å². The Morgan fingerprint density at radius 2 is 1.78 bits per heavy atom. The smallest absolute Gasteiger partial charge is 0.410 e. The maximum absolute atomic E-state index is 13.5. The Balaban J connectivity index is 1.40. The largest absolute Gasteiger partial charge is 0.444 e. The summed E-state index contributed by atoms with van der Waals surface area (Å²) in [5, 5.41) is 3.04. The van der Waals surface area contributed by atoms with E-state index in [2.05, 4.69) is 11.4 Å². The number of amides is 3. The van der Waals surface area contributed by atoms with Crippen LogP contribution >= 0.6 is 0 Å². The van der Waals surface area contributed by atoms with Gasteiger partial charge in [-0.15, -0.1) is 0 Å². The average Bonchev–Trinajstić information content (AvgIpc) is 2.71. The van der Waals surface area contributed by atoms with Gasteiger partial charge in [0.1, 0.15) is 11.4 Å². The highest BCUT2D eigenvalue weighted by Gasteiger charge is 2.35. The lowest BCUT2D eigenvalue weighted by molar-refractivity contribution is -0.000516. The number of nitrogens with zero attached hydrogens (tertiary/aromatic N) is 2. The minimum Gasteiger partial charge on any atom is -0.444 e. The molecule has 2 aromatic carbocycles. The van der Waals surface area contributed by atoms with Gasteiger partial charge in [0.15, 0.2) is 0 Å². The van der Waals surface area contributed by atoms with E-state index < -0.39 is 5.60 Å². The summed E-state index contributed by atoms with van der Waals surface area (Å²) in [5.41, 5.74) is 2.64. The van der Waals surface area contributed by atoms with E-state index in [1.165, 1.54) is 17.7 Å². The number of benzene rings is 2. The fraction of sp³-hybridized carbons (Fsp3) is 0.440. The van der Waals surface area contributed by atoms with Gasteiger partial charge in [0.2, 0.25) is 0 Å². The number of nitrogens with one attached hydrogen (secondary N) is 1. The van der Waals surface area contributed by atoms with Crippen molar-refractivity contribution < 1.29 is 18.7 Å². The molecule has 0 unspecified atom stereocenters. The van der Waals surface area contributed by atoms with Crippen LogP contribution in [0.1, 0.15) is 43.5 Å². The Morgan fingerprint density at radius 1 is 1.09 bits per heavy atom. The average molecular weight is 440 g/mol. The predicted molar refractivity (Wildman–Crippen MR) is 120 cm³/mol. The zero-order valence-corrected chi connectivity index (χ0v) is 18.8. The lowest BCUT2D eigenvalue weighted by Gasteiger charge is -2.41. The van der Waals surface area contributed by atoms with Crippen molar-refractivity contribution in [2.24, 2.45) is 5.92 Å².